The van der Waals surface area contributed by atoms with E-state index in [-0.39, 0.29) is 0 Å². The number of nitrogens with zero attached hydrogens (tertiary/aromatic N) is 2. The van der Waals surface area contributed by atoms with E-state index >= 15 is 0 Å². The summed E-state index contributed by atoms with van der Waals surface area (Å²) < 4.78 is 23.4. The molecule has 0 aromatic heterocycles. The number of benzene rings is 2. The van der Waals surface area contributed by atoms with Crippen LogP contribution in [0, 0.1) is 19.3 Å². The fraction of sp³-hybridized carbons (Fsp3) is 0.500. The number of hydrogen-bond acceptors (Lipinski definition) is 6. The second-order valence-electron chi connectivity index (χ2n) is 8.39. The minimum absolute atomic E-state index is 0.585. The van der Waals surface area contributed by atoms with Gasteiger partial charge in [0.05, 0.1) is 52.9 Å². The highest BCUT2D eigenvalue weighted by Crippen LogP contribution is 2.15. The lowest BCUT2D eigenvalue weighted by atomic mass is 10.1. The second-order valence-corrected chi connectivity index (χ2v) is 8.39. The fourth-order valence-corrected chi connectivity index (χ4v) is 3.74. The molecule has 1 aliphatic heterocycles. The summed E-state index contributed by atoms with van der Waals surface area (Å²) in [4.78, 5) is 4.63. The lowest BCUT2D eigenvalue weighted by molar-refractivity contribution is 0.0211. The Morgan fingerprint density at radius 3 is 1.68 bits per heavy atom. The Hall–Kier alpha value is -2.40. The SMILES string of the molecule is C#Cc1ccc(N2CCOCCOCCN(Cc3ccc(C)cc3)CCOCCOCC2)cc1. The van der Waals surface area contributed by atoms with Gasteiger partial charge in [-0.15, -0.1) is 6.42 Å². The van der Waals surface area contributed by atoms with Crippen molar-refractivity contribution in [3.8, 4) is 12.3 Å². The van der Waals surface area contributed by atoms with E-state index in [1.54, 1.807) is 0 Å². The summed E-state index contributed by atoms with van der Waals surface area (Å²) in [6.45, 7) is 11.2. The van der Waals surface area contributed by atoms with Crippen LogP contribution in [0.2, 0.25) is 0 Å². The van der Waals surface area contributed by atoms with Gasteiger partial charge in [0.2, 0.25) is 0 Å². The van der Waals surface area contributed by atoms with Crippen LogP contribution in [0.15, 0.2) is 48.5 Å². The minimum atomic E-state index is 0.585. The third kappa shape index (κ3) is 9.84. The van der Waals surface area contributed by atoms with Crippen molar-refractivity contribution in [1.29, 1.82) is 0 Å². The van der Waals surface area contributed by atoms with Gasteiger partial charge < -0.3 is 23.8 Å². The topological polar surface area (TPSA) is 43.4 Å². The van der Waals surface area contributed by atoms with E-state index in [0.29, 0.717) is 52.9 Å². The highest BCUT2D eigenvalue weighted by atomic mass is 16.5. The fourth-order valence-electron chi connectivity index (χ4n) is 3.74. The highest BCUT2D eigenvalue weighted by Gasteiger charge is 2.09. The van der Waals surface area contributed by atoms with Crippen LogP contribution in [-0.2, 0) is 25.5 Å². The maximum absolute atomic E-state index is 5.84. The van der Waals surface area contributed by atoms with E-state index in [4.69, 9.17) is 25.4 Å². The van der Waals surface area contributed by atoms with Crippen molar-refractivity contribution < 1.29 is 18.9 Å². The summed E-state index contributed by atoms with van der Waals surface area (Å²) >= 11 is 0. The third-order valence-electron chi connectivity index (χ3n) is 5.78. The van der Waals surface area contributed by atoms with Gasteiger partial charge in [0, 0.05) is 44.0 Å². The van der Waals surface area contributed by atoms with Crippen LogP contribution >= 0.6 is 0 Å². The largest absolute Gasteiger partial charge is 0.378 e. The van der Waals surface area contributed by atoms with Gasteiger partial charge in [0.25, 0.3) is 0 Å². The predicted molar refractivity (Wildman–Crippen MR) is 136 cm³/mol. The maximum Gasteiger partial charge on any atom is 0.0701 e. The first-order valence-corrected chi connectivity index (χ1v) is 12.1. The maximum atomic E-state index is 5.84. The zero-order chi connectivity index (χ0) is 23.8. The van der Waals surface area contributed by atoms with Gasteiger partial charge in [-0.25, -0.2) is 0 Å². The van der Waals surface area contributed by atoms with E-state index in [9.17, 15) is 0 Å². The van der Waals surface area contributed by atoms with Crippen molar-refractivity contribution in [2.24, 2.45) is 0 Å². The molecule has 2 aromatic rings. The molecule has 1 saturated heterocycles. The number of aryl methyl sites for hydroxylation is 1. The van der Waals surface area contributed by atoms with Crippen molar-refractivity contribution >= 4 is 5.69 Å². The zero-order valence-corrected chi connectivity index (χ0v) is 20.4. The molecule has 0 saturated carbocycles. The zero-order valence-electron chi connectivity index (χ0n) is 20.4. The van der Waals surface area contributed by atoms with Gasteiger partial charge in [-0.1, -0.05) is 35.7 Å². The van der Waals surface area contributed by atoms with Crippen LogP contribution in [0.25, 0.3) is 0 Å². The summed E-state index contributed by atoms with van der Waals surface area (Å²) in [6.07, 6.45) is 5.48. The van der Waals surface area contributed by atoms with Gasteiger partial charge >= 0.3 is 0 Å². The Balaban J connectivity index is 1.47. The number of hydrogen-bond donors (Lipinski definition) is 0. The van der Waals surface area contributed by atoms with Crippen LogP contribution in [0.3, 0.4) is 0 Å². The van der Waals surface area contributed by atoms with E-state index < -0.39 is 0 Å². The number of ether oxygens (including phenoxy) is 4. The molecular formula is C28H38N2O4. The van der Waals surface area contributed by atoms with E-state index in [2.05, 4.69) is 59.0 Å². The molecule has 0 spiro atoms. The molecule has 0 atom stereocenters. The third-order valence-corrected chi connectivity index (χ3v) is 5.78. The van der Waals surface area contributed by atoms with Crippen molar-refractivity contribution in [1.82, 2.24) is 4.90 Å². The normalized spacial score (nSPS) is 18.5. The molecule has 0 radical (unpaired) electrons. The summed E-state index contributed by atoms with van der Waals surface area (Å²) in [6, 6.07) is 16.7. The molecule has 1 heterocycles. The van der Waals surface area contributed by atoms with Crippen LogP contribution in [0.4, 0.5) is 5.69 Å². The van der Waals surface area contributed by atoms with Crippen molar-refractivity contribution in [3.05, 3.63) is 65.2 Å². The molecule has 3 rings (SSSR count). The Kier molecular flexibility index (Phi) is 11.9. The number of terminal acetylenes is 1. The van der Waals surface area contributed by atoms with E-state index in [0.717, 1.165) is 44.0 Å². The second kappa shape index (κ2) is 15.5. The summed E-state index contributed by atoms with van der Waals surface area (Å²) in [7, 11) is 0. The molecule has 0 N–H and O–H groups in total. The average Bonchev–Trinajstić information content (AvgIpc) is 2.86. The molecule has 1 fully saturated rings. The Bertz CT molecular complexity index is 828. The average molecular weight is 467 g/mol. The molecule has 0 unspecified atom stereocenters. The molecule has 2 aromatic carbocycles. The number of rotatable bonds is 3. The van der Waals surface area contributed by atoms with Gasteiger partial charge in [-0.2, -0.15) is 0 Å². The summed E-state index contributed by atoms with van der Waals surface area (Å²) in [5.74, 6) is 2.66. The summed E-state index contributed by atoms with van der Waals surface area (Å²) in [5.41, 5.74) is 4.57. The molecule has 0 amide bonds. The van der Waals surface area contributed by atoms with Crippen LogP contribution in [-0.4, -0.2) is 83.9 Å². The smallest absolute Gasteiger partial charge is 0.0701 e. The molecule has 184 valence electrons. The Morgan fingerprint density at radius 1 is 0.676 bits per heavy atom. The van der Waals surface area contributed by atoms with Crippen molar-refractivity contribution in [3.63, 3.8) is 0 Å². The first-order valence-electron chi connectivity index (χ1n) is 12.1. The van der Waals surface area contributed by atoms with Crippen LogP contribution in [0.5, 0.6) is 0 Å². The van der Waals surface area contributed by atoms with Gasteiger partial charge in [-0.05, 0) is 36.8 Å². The predicted octanol–water partition coefficient (Wildman–Crippen LogP) is 3.36. The molecule has 1 aliphatic rings. The molecule has 6 heteroatoms. The molecule has 0 bridgehead atoms. The van der Waals surface area contributed by atoms with Crippen molar-refractivity contribution in [2.75, 3.05) is 83.9 Å². The Labute approximate surface area is 204 Å². The standard InChI is InChI=1S/C28H38N2O4/c1-3-26-8-10-28(11-9-26)30-14-18-33-22-20-31-16-12-29(13-17-32-21-23-34-19-15-30)24-27-6-4-25(2)5-7-27/h1,4-11H,12-24H2,2H3. The van der Waals surface area contributed by atoms with Gasteiger partial charge in [0.1, 0.15) is 0 Å². The first kappa shape index (κ1) is 26.2. The number of anilines is 1. The quantitative estimate of drug-likeness (QED) is 0.647. The lowest BCUT2D eigenvalue weighted by Crippen LogP contribution is -2.33. The van der Waals surface area contributed by atoms with Gasteiger partial charge in [-0.3, -0.25) is 4.90 Å². The van der Waals surface area contributed by atoms with Crippen molar-refractivity contribution in [2.45, 2.75) is 13.5 Å². The summed E-state index contributed by atoms with van der Waals surface area (Å²) in [5, 5.41) is 0. The molecule has 0 aliphatic carbocycles. The first-order chi connectivity index (χ1) is 16.7. The van der Waals surface area contributed by atoms with E-state index in [1.807, 2.05) is 12.1 Å². The molecular weight excluding hydrogens is 428 g/mol. The minimum Gasteiger partial charge on any atom is -0.378 e. The van der Waals surface area contributed by atoms with Gasteiger partial charge in [0.15, 0.2) is 0 Å². The van der Waals surface area contributed by atoms with Crippen LogP contribution < -0.4 is 4.90 Å². The van der Waals surface area contributed by atoms with Crippen LogP contribution in [0.1, 0.15) is 16.7 Å². The highest BCUT2D eigenvalue weighted by molar-refractivity contribution is 5.50. The molecule has 34 heavy (non-hydrogen) atoms. The Morgan fingerprint density at radius 2 is 1.18 bits per heavy atom. The monoisotopic (exact) mass is 466 g/mol. The molecule has 6 nitrogen and oxygen atoms in total. The van der Waals surface area contributed by atoms with E-state index in [1.165, 1.54) is 11.1 Å². The lowest BCUT2D eigenvalue weighted by Gasteiger charge is -2.25.